The molecule has 0 aromatic rings. The summed E-state index contributed by atoms with van der Waals surface area (Å²) < 4.78 is 16.3. The lowest BCUT2D eigenvalue weighted by Crippen LogP contribution is -2.48. The first kappa shape index (κ1) is 20.5. The van der Waals surface area contributed by atoms with Crippen molar-refractivity contribution < 1.29 is 14.2 Å². The summed E-state index contributed by atoms with van der Waals surface area (Å²) in [6.07, 6.45) is 1.33. The molecule has 2 atom stereocenters. The van der Waals surface area contributed by atoms with Crippen LogP contribution < -0.4 is 0 Å². The third kappa shape index (κ3) is 5.86. The predicted molar refractivity (Wildman–Crippen MR) is 103 cm³/mol. The van der Waals surface area contributed by atoms with Gasteiger partial charge in [-0.25, -0.2) is 0 Å². The number of piperazine rings is 2. The average Bonchev–Trinajstić information content (AvgIpc) is 3.25. The van der Waals surface area contributed by atoms with Crippen LogP contribution >= 0.6 is 0 Å². The number of ether oxygens (including phenoxy) is 3. The van der Waals surface area contributed by atoms with E-state index in [0.29, 0.717) is 0 Å². The molecule has 0 aromatic heterocycles. The van der Waals surface area contributed by atoms with E-state index in [2.05, 4.69) is 19.6 Å². The Hall–Kier alpha value is -0.280. The van der Waals surface area contributed by atoms with Crippen LogP contribution in [-0.4, -0.2) is 138 Å². The van der Waals surface area contributed by atoms with Gasteiger partial charge in [-0.1, -0.05) is 0 Å². The van der Waals surface area contributed by atoms with Gasteiger partial charge in [0, 0.05) is 91.8 Å². The Morgan fingerprint density at radius 2 is 1.12 bits per heavy atom. The monoisotopic (exact) mass is 370 g/mol. The van der Waals surface area contributed by atoms with Crippen molar-refractivity contribution in [2.24, 2.45) is 0 Å². The Bertz CT molecular complexity index is 393. The molecule has 0 aliphatic carbocycles. The van der Waals surface area contributed by atoms with Crippen LogP contribution in [-0.2, 0) is 14.2 Å². The summed E-state index contributed by atoms with van der Waals surface area (Å²) in [5.41, 5.74) is 0. The molecule has 3 saturated heterocycles. The number of likely N-dealkylation sites (tertiary alicyclic amines) is 2. The van der Waals surface area contributed by atoms with Crippen LogP contribution in [0, 0.1) is 0 Å². The summed E-state index contributed by atoms with van der Waals surface area (Å²) in [5.74, 6) is 0. The Morgan fingerprint density at radius 3 is 1.65 bits per heavy atom. The van der Waals surface area contributed by atoms with E-state index in [1.807, 2.05) is 0 Å². The molecule has 3 heterocycles. The van der Waals surface area contributed by atoms with Crippen molar-refractivity contribution in [3.63, 3.8) is 0 Å². The first-order chi connectivity index (χ1) is 12.8. The number of nitrogens with zero attached hydrogens (tertiary/aromatic N) is 4. The second kappa shape index (κ2) is 10.9. The fraction of sp³-hybridized carbons (Fsp3) is 1.00. The van der Waals surface area contributed by atoms with Gasteiger partial charge in [-0.05, 0) is 6.42 Å². The highest BCUT2D eigenvalue weighted by molar-refractivity contribution is 4.99. The number of rotatable bonds is 12. The van der Waals surface area contributed by atoms with E-state index < -0.39 is 0 Å². The van der Waals surface area contributed by atoms with Gasteiger partial charge in [-0.3, -0.25) is 19.6 Å². The Balaban J connectivity index is 1.19. The van der Waals surface area contributed by atoms with Crippen molar-refractivity contribution in [1.82, 2.24) is 19.6 Å². The number of hydrogen-bond donors (Lipinski definition) is 0. The third-order valence-electron chi connectivity index (χ3n) is 6.20. The standard InChI is InChI=1S/C19H38N4O3/c1-24-11-7-20-3-5-21(6-4-20)8-13-26-14-10-23-17-18-15-19(23)16-22(18)9-12-25-2/h18-19H,3-17H2,1-2H3/t18?,19-/m0/s1. The SMILES string of the molecule is COCCN1CCN(CCOCCN2CC3C[C@H]2CN3CCOC)CC1. The zero-order valence-electron chi connectivity index (χ0n) is 16.8. The maximum absolute atomic E-state index is 5.94. The van der Waals surface area contributed by atoms with Gasteiger partial charge in [0.1, 0.15) is 0 Å². The minimum atomic E-state index is 0.737. The van der Waals surface area contributed by atoms with E-state index in [1.54, 1.807) is 14.2 Å². The zero-order chi connectivity index (χ0) is 18.2. The molecule has 0 N–H and O–H groups in total. The summed E-state index contributed by atoms with van der Waals surface area (Å²) in [6.45, 7) is 14.7. The quantitative estimate of drug-likeness (QED) is 0.436. The fourth-order valence-corrected chi connectivity index (χ4v) is 4.52. The Morgan fingerprint density at radius 1 is 0.654 bits per heavy atom. The van der Waals surface area contributed by atoms with Gasteiger partial charge < -0.3 is 14.2 Å². The normalized spacial score (nSPS) is 28.4. The highest BCUT2D eigenvalue weighted by atomic mass is 16.5. The van der Waals surface area contributed by atoms with Crippen LogP contribution in [0.3, 0.4) is 0 Å². The summed E-state index contributed by atoms with van der Waals surface area (Å²) in [7, 11) is 3.57. The van der Waals surface area contributed by atoms with Gasteiger partial charge >= 0.3 is 0 Å². The number of fused-ring (bicyclic) bond motifs is 2. The number of methoxy groups -OCH3 is 2. The number of hydrogen-bond acceptors (Lipinski definition) is 7. The Kier molecular flexibility index (Phi) is 8.58. The lowest BCUT2D eigenvalue weighted by Gasteiger charge is -2.35. The Labute approximate surface area is 159 Å². The summed E-state index contributed by atoms with van der Waals surface area (Å²) >= 11 is 0. The molecular formula is C19H38N4O3. The molecule has 0 saturated carbocycles. The molecule has 0 radical (unpaired) electrons. The van der Waals surface area contributed by atoms with Gasteiger partial charge in [0.15, 0.2) is 0 Å². The van der Waals surface area contributed by atoms with Crippen LogP contribution in [0.4, 0.5) is 0 Å². The van der Waals surface area contributed by atoms with Crippen molar-refractivity contribution in [3.8, 4) is 0 Å². The van der Waals surface area contributed by atoms with E-state index in [1.165, 1.54) is 19.5 Å². The molecule has 0 amide bonds. The highest BCUT2D eigenvalue weighted by Crippen LogP contribution is 2.29. The van der Waals surface area contributed by atoms with E-state index >= 15 is 0 Å². The second-order valence-electron chi connectivity index (χ2n) is 7.81. The second-order valence-corrected chi connectivity index (χ2v) is 7.81. The molecule has 3 aliphatic rings. The van der Waals surface area contributed by atoms with Crippen molar-refractivity contribution in [3.05, 3.63) is 0 Å². The minimum Gasteiger partial charge on any atom is -0.383 e. The maximum atomic E-state index is 5.94. The molecule has 152 valence electrons. The first-order valence-corrected chi connectivity index (χ1v) is 10.3. The smallest absolute Gasteiger partial charge is 0.0594 e. The lowest BCUT2D eigenvalue weighted by atomic mass is 10.2. The topological polar surface area (TPSA) is 40.7 Å². The minimum absolute atomic E-state index is 0.737. The molecule has 3 rings (SSSR count). The van der Waals surface area contributed by atoms with Crippen LogP contribution in [0.1, 0.15) is 6.42 Å². The summed E-state index contributed by atoms with van der Waals surface area (Å²) in [6, 6.07) is 1.48. The van der Waals surface area contributed by atoms with Crippen molar-refractivity contribution in [2.75, 3.05) is 106 Å². The molecule has 26 heavy (non-hydrogen) atoms. The van der Waals surface area contributed by atoms with Gasteiger partial charge in [-0.2, -0.15) is 0 Å². The highest BCUT2D eigenvalue weighted by Gasteiger charge is 2.42. The molecule has 0 spiro atoms. The molecule has 1 unspecified atom stereocenters. The van der Waals surface area contributed by atoms with Gasteiger partial charge in [0.2, 0.25) is 0 Å². The van der Waals surface area contributed by atoms with Crippen LogP contribution in [0.15, 0.2) is 0 Å². The first-order valence-electron chi connectivity index (χ1n) is 10.3. The predicted octanol–water partition coefficient (Wildman–Crippen LogP) is -0.328. The molecule has 3 aliphatic heterocycles. The van der Waals surface area contributed by atoms with Gasteiger partial charge in [0.25, 0.3) is 0 Å². The molecule has 7 heteroatoms. The third-order valence-corrected chi connectivity index (χ3v) is 6.20. The zero-order valence-corrected chi connectivity index (χ0v) is 16.8. The fourth-order valence-electron chi connectivity index (χ4n) is 4.52. The average molecular weight is 371 g/mol. The van der Waals surface area contributed by atoms with Crippen LogP contribution in [0.25, 0.3) is 0 Å². The molecule has 2 bridgehead atoms. The van der Waals surface area contributed by atoms with E-state index in [-0.39, 0.29) is 0 Å². The van der Waals surface area contributed by atoms with Crippen molar-refractivity contribution >= 4 is 0 Å². The van der Waals surface area contributed by atoms with Crippen molar-refractivity contribution in [2.45, 2.75) is 18.5 Å². The summed E-state index contributed by atoms with van der Waals surface area (Å²) in [5, 5.41) is 0. The van der Waals surface area contributed by atoms with Gasteiger partial charge in [-0.15, -0.1) is 0 Å². The molecule has 7 nitrogen and oxygen atoms in total. The van der Waals surface area contributed by atoms with Crippen molar-refractivity contribution in [1.29, 1.82) is 0 Å². The summed E-state index contributed by atoms with van der Waals surface area (Å²) in [4.78, 5) is 10.2. The molecule has 0 aromatic carbocycles. The molecular weight excluding hydrogens is 332 g/mol. The van der Waals surface area contributed by atoms with Gasteiger partial charge in [0.05, 0.1) is 26.4 Å². The van der Waals surface area contributed by atoms with Crippen LogP contribution in [0.2, 0.25) is 0 Å². The van der Waals surface area contributed by atoms with E-state index in [9.17, 15) is 0 Å². The van der Waals surface area contributed by atoms with Crippen LogP contribution in [0.5, 0.6) is 0 Å². The maximum Gasteiger partial charge on any atom is 0.0594 e. The lowest BCUT2D eigenvalue weighted by molar-refractivity contribution is 0.0443. The van der Waals surface area contributed by atoms with E-state index in [4.69, 9.17) is 14.2 Å². The molecule has 3 fully saturated rings. The largest absolute Gasteiger partial charge is 0.383 e. The van der Waals surface area contributed by atoms with E-state index in [0.717, 1.165) is 90.9 Å².